The summed E-state index contributed by atoms with van der Waals surface area (Å²) >= 11 is 0. The number of Topliss-reactive ketones (excluding diaryl/α,β-unsaturated/α-hetero) is 1. The highest BCUT2D eigenvalue weighted by atomic mass is 19.1. The number of nitrogen functional groups attached to an aromatic ring is 1. The first-order valence-corrected chi connectivity index (χ1v) is 12.6. The fourth-order valence-electron chi connectivity index (χ4n) is 5.56. The molecule has 0 bridgehead atoms. The maximum absolute atomic E-state index is 14.9. The first kappa shape index (κ1) is 24.5. The average Bonchev–Trinajstić information content (AvgIpc) is 3.38. The molecule has 0 spiro atoms. The van der Waals surface area contributed by atoms with Crippen molar-refractivity contribution in [3.05, 3.63) is 96.1 Å². The molecule has 0 saturated heterocycles. The molecule has 0 fully saturated rings. The van der Waals surface area contributed by atoms with Crippen LogP contribution in [-0.2, 0) is 10.2 Å². The van der Waals surface area contributed by atoms with Gasteiger partial charge in [0.05, 0.1) is 28.6 Å². The Hall–Kier alpha value is -4.85. The van der Waals surface area contributed by atoms with E-state index in [2.05, 4.69) is 4.98 Å². The van der Waals surface area contributed by atoms with Gasteiger partial charge in [0.1, 0.15) is 16.9 Å². The Morgan fingerprint density at radius 2 is 1.62 bits per heavy atom. The van der Waals surface area contributed by atoms with Crippen LogP contribution < -0.4 is 10.6 Å². The lowest BCUT2D eigenvalue weighted by Gasteiger charge is -2.23. The molecule has 8 heteroatoms. The Kier molecular flexibility index (Phi) is 5.39. The van der Waals surface area contributed by atoms with Crippen molar-refractivity contribution in [2.45, 2.75) is 26.2 Å². The van der Waals surface area contributed by atoms with E-state index in [9.17, 15) is 18.8 Å². The summed E-state index contributed by atoms with van der Waals surface area (Å²) in [5, 5.41) is 1.45. The minimum atomic E-state index is -1.75. The SMILES string of the molecule is CC(C)C(=O)n1c2ccccc2c2cc(C(=O)[C@@]3(C)C(=O)N(c4ccccc4F)c4cccc(N)c43)ncc21. The Morgan fingerprint density at radius 1 is 0.923 bits per heavy atom. The molecule has 0 unspecified atom stereocenters. The van der Waals surface area contributed by atoms with E-state index in [0.29, 0.717) is 27.7 Å². The van der Waals surface area contributed by atoms with Gasteiger partial charge in [-0.1, -0.05) is 50.2 Å². The lowest BCUT2D eigenvalue weighted by Crippen LogP contribution is -2.43. The zero-order chi connectivity index (χ0) is 27.6. The van der Waals surface area contributed by atoms with E-state index in [0.717, 1.165) is 5.39 Å². The minimum absolute atomic E-state index is 0.0320. The van der Waals surface area contributed by atoms with Crippen LogP contribution in [0.5, 0.6) is 0 Å². The van der Waals surface area contributed by atoms with Crippen LogP contribution in [0.2, 0.25) is 0 Å². The number of hydrogen-bond acceptors (Lipinski definition) is 5. The summed E-state index contributed by atoms with van der Waals surface area (Å²) in [4.78, 5) is 47.1. The van der Waals surface area contributed by atoms with E-state index in [1.165, 1.54) is 36.2 Å². The first-order valence-electron chi connectivity index (χ1n) is 12.6. The fourth-order valence-corrected chi connectivity index (χ4v) is 5.56. The Morgan fingerprint density at radius 3 is 2.36 bits per heavy atom. The second-order valence-corrected chi connectivity index (χ2v) is 10.2. The topological polar surface area (TPSA) is 98.3 Å². The van der Waals surface area contributed by atoms with Gasteiger partial charge in [0, 0.05) is 27.9 Å². The third kappa shape index (κ3) is 3.34. The molecule has 3 heterocycles. The molecule has 1 amide bonds. The molecule has 3 aromatic carbocycles. The number of carbonyl (C=O) groups excluding carboxylic acids is 3. The lowest BCUT2D eigenvalue weighted by atomic mass is 9.77. The molecule has 6 rings (SSSR count). The number of fused-ring (bicyclic) bond motifs is 4. The number of anilines is 3. The monoisotopic (exact) mass is 520 g/mol. The van der Waals surface area contributed by atoms with Crippen molar-refractivity contribution in [1.29, 1.82) is 0 Å². The van der Waals surface area contributed by atoms with E-state index in [1.54, 1.807) is 34.9 Å². The number of pyridine rings is 1. The van der Waals surface area contributed by atoms with Gasteiger partial charge in [-0.05, 0) is 43.3 Å². The van der Waals surface area contributed by atoms with Crippen LogP contribution in [0.3, 0.4) is 0 Å². The maximum atomic E-state index is 14.9. The number of nitrogens with two attached hydrogens (primary N) is 1. The molecule has 0 aliphatic carbocycles. The quantitative estimate of drug-likeness (QED) is 0.177. The van der Waals surface area contributed by atoms with Crippen LogP contribution in [0.1, 0.15) is 41.6 Å². The molecule has 2 N–H and O–H groups in total. The number of hydrogen-bond donors (Lipinski definition) is 1. The molecule has 0 saturated carbocycles. The Balaban J connectivity index is 1.55. The number of rotatable bonds is 4. The minimum Gasteiger partial charge on any atom is -0.398 e. The van der Waals surface area contributed by atoms with Crippen molar-refractivity contribution in [3.63, 3.8) is 0 Å². The van der Waals surface area contributed by atoms with Crippen LogP contribution >= 0.6 is 0 Å². The molecule has 1 aliphatic rings. The number of carbonyl (C=O) groups is 3. The average molecular weight is 521 g/mol. The highest BCUT2D eigenvalue weighted by Crippen LogP contribution is 2.50. The van der Waals surface area contributed by atoms with Crippen molar-refractivity contribution >= 4 is 56.5 Å². The Bertz CT molecular complexity index is 1860. The smallest absolute Gasteiger partial charge is 0.250 e. The zero-order valence-corrected chi connectivity index (χ0v) is 21.6. The van der Waals surface area contributed by atoms with Crippen molar-refractivity contribution in [3.8, 4) is 0 Å². The number of amides is 1. The highest BCUT2D eigenvalue weighted by molar-refractivity contribution is 6.29. The maximum Gasteiger partial charge on any atom is 0.250 e. The predicted octanol–water partition coefficient (Wildman–Crippen LogP) is 6.03. The zero-order valence-electron chi connectivity index (χ0n) is 21.6. The van der Waals surface area contributed by atoms with Crippen molar-refractivity contribution in [2.24, 2.45) is 5.92 Å². The van der Waals surface area contributed by atoms with Gasteiger partial charge in [-0.2, -0.15) is 0 Å². The van der Waals surface area contributed by atoms with E-state index in [4.69, 9.17) is 5.73 Å². The number of ketones is 1. The lowest BCUT2D eigenvalue weighted by molar-refractivity contribution is -0.120. The van der Waals surface area contributed by atoms with E-state index in [-0.39, 0.29) is 28.9 Å². The second kappa shape index (κ2) is 8.59. The fraction of sp³-hybridized carbons (Fsp3) is 0.161. The van der Waals surface area contributed by atoms with E-state index in [1.807, 2.05) is 38.1 Å². The molecular weight excluding hydrogens is 495 g/mol. The van der Waals surface area contributed by atoms with Crippen molar-refractivity contribution < 1.29 is 18.8 Å². The van der Waals surface area contributed by atoms with Crippen LogP contribution in [-0.4, -0.2) is 27.1 Å². The van der Waals surface area contributed by atoms with Gasteiger partial charge in [-0.3, -0.25) is 28.8 Å². The van der Waals surface area contributed by atoms with Gasteiger partial charge in [0.25, 0.3) is 0 Å². The predicted molar refractivity (Wildman–Crippen MR) is 149 cm³/mol. The number of halogens is 1. The molecule has 1 aliphatic heterocycles. The number of nitrogens with zero attached hydrogens (tertiary/aromatic N) is 3. The summed E-state index contributed by atoms with van der Waals surface area (Å²) < 4.78 is 16.5. The van der Waals surface area contributed by atoms with E-state index >= 15 is 0 Å². The summed E-state index contributed by atoms with van der Waals surface area (Å²) in [6.45, 7) is 5.15. The molecule has 194 valence electrons. The van der Waals surface area contributed by atoms with Gasteiger partial charge in [0.2, 0.25) is 17.6 Å². The van der Waals surface area contributed by atoms with Gasteiger partial charge in [-0.15, -0.1) is 0 Å². The van der Waals surface area contributed by atoms with Crippen LogP contribution in [0, 0.1) is 11.7 Å². The summed E-state index contributed by atoms with van der Waals surface area (Å²) in [6, 6.07) is 19.9. The summed E-state index contributed by atoms with van der Waals surface area (Å²) in [7, 11) is 0. The Labute approximate surface area is 223 Å². The molecular formula is C31H25FN4O3. The largest absolute Gasteiger partial charge is 0.398 e. The normalized spacial score (nSPS) is 16.8. The van der Waals surface area contributed by atoms with Gasteiger partial charge in [0.15, 0.2) is 0 Å². The standard InChI is InChI=1S/C31H25FN4O3/c1-17(2)29(38)35-23-12-6-4-9-18(23)19-15-22(34-16-26(19)35)28(37)31(3)27-21(33)11-8-14-25(27)36(30(31)39)24-13-7-5-10-20(24)32/h4-17H,33H2,1-3H3/t31-/m0/s1. The van der Waals surface area contributed by atoms with Crippen LogP contribution in [0.15, 0.2) is 79.0 Å². The number of aromatic nitrogens is 2. The third-order valence-corrected chi connectivity index (χ3v) is 7.50. The summed E-state index contributed by atoms with van der Waals surface area (Å²) in [5.74, 6) is -2.14. The van der Waals surface area contributed by atoms with Crippen LogP contribution in [0.4, 0.5) is 21.5 Å². The van der Waals surface area contributed by atoms with Crippen molar-refractivity contribution in [2.75, 3.05) is 10.6 Å². The third-order valence-electron chi connectivity index (χ3n) is 7.50. The summed E-state index contributed by atoms with van der Waals surface area (Å²) in [6.07, 6.45) is 1.50. The van der Waals surface area contributed by atoms with Gasteiger partial charge >= 0.3 is 0 Å². The molecule has 7 nitrogen and oxygen atoms in total. The number of para-hydroxylation sites is 2. The van der Waals surface area contributed by atoms with Gasteiger partial charge in [-0.25, -0.2) is 4.39 Å². The molecule has 1 atom stereocenters. The van der Waals surface area contributed by atoms with Gasteiger partial charge < -0.3 is 5.73 Å². The van der Waals surface area contributed by atoms with Crippen molar-refractivity contribution in [1.82, 2.24) is 9.55 Å². The molecule has 39 heavy (non-hydrogen) atoms. The molecule has 5 aromatic rings. The summed E-state index contributed by atoms with van der Waals surface area (Å²) in [5.41, 5.74) is 6.85. The molecule has 2 aromatic heterocycles. The second-order valence-electron chi connectivity index (χ2n) is 10.2. The van der Waals surface area contributed by atoms with E-state index < -0.39 is 22.9 Å². The van der Waals surface area contributed by atoms with Crippen LogP contribution in [0.25, 0.3) is 21.8 Å². The molecule has 0 radical (unpaired) electrons. The number of benzene rings is 3. The highest BCUT2D eigenvalue weighted by Gasteiger charge is 2.55. The first-order chi connectivity index (χ1) is 18.7.